The summed E-state index contributed by atoms with van der Waals surface area (Å²) in [7, 11) is -3.18. The first-order valence-corrected chi connectivity index (χ1v) is 10.2. The highest BCUT2D eigenvalue weighted by atomic mass is 32.2. The fourth-order valence-corrected chi connectivity index (χ4v) is 5.84. The van der Waals surface area contributed by atoms with Gasteiger partial charge in [0, 0.05) is 5.56 Å². The Morgan fingerprint density at radius 2 is 1.83 bits per heavy atom. The highest BCUT2D eigenvalue weighted by Gasteiger charge is 2.75. The average molecular weight is 443 g/mol. The number of ether oxygens (including phenoxy) is 2. The minimum absolute atomic E-state index is 0.262. The SMILES string of the molecule is COc1ccc(S(=O)(=O)N2c3ccccc3C3(C(F)(F)F)OCC(C(=O)O)C23)cc1. The number of halogens is 3. The fourth-order valence-electron chi connectivity index (χ4n) is 4.13. The van der Waals surface area contributed by atoms with Gasteiger partial charge in [-0.25, -0.2) is 8.42 Å². The van der Waals surface area contributed by atoms with Crippen molar-refractivity contribution in [1.82, 2.24) is 0 Å². The van der Waals surface area contributed by atoms with Gasteiger partial charge in [-0.3, -0.25) is 9.10 Å². The number of carboxylic acids is 1. The molecule has 0 saturated carbocycles. The van der Waals surface area contributed by atoms with Crippen LogP contribution in [0.4, 0.5) is 18.9 Å². The Bertz CT molecular complexity index is 1100. The maximum atomic E-state index is 14.3. The molecular formula is C19H16F3NO6S. The summed E-state index contributed by atoms with van der Waals surface area (Å²) < 4.78 is 80.5. The number of para-hydroxylation sites is 1. The van der Waals surface area contributed by atoms with E-state index in [1.807, 2.05) is 0 Å². The monoisotopic (exact) mass is 443 g/mol. The summed E-state index contributed by atoms with van der Waals surface area (Å²) in [6.45, 7) is -0.775. The van der Waals surface area contributed by atoms with E-state index >= 15 is 0 Å². The maximum absolute atomic E-state index is 14.3. The lowest BCUT2D eigenvalue weighted by molar-refractivity contribution is -0.269. The van der Waals surface area contributed by atoms with Crippen LogP contribution >= 0.6 is 0 Å². The molecule has 2 aliphatic heterocycles. The fraction of sp³-hybridized carbons (Fsp3) is 0.316. The van der Waals surface area contributed by atoms with Gasteiger partial charge in [-0.05, 0) is 30.3 Å². The summed E-state index contributed by atoms with van der Waals surface area (Å²) in [5, 5.41) is 9.56. The van der Waals surface area contributed by atoms with Gasteiger partial charge in [-0.1, -0.05) is 18.2 Å². The number of benzene rings is 2. The minimum atomic E-state index is -5.05. The molecule has 0 aromatic heterocycles. The number of alkyl halides is 3. The van der Waals surface area contributed by atoms with Crippen LogP contribution in [0, 0.1) is 5.92 Å². The summed E-state index contributed by atoms with van der Waals surface area (Å²) in [6.07, 6.45) is -5.05. The minimum Gasteiger partial charge on any atom is -0.497 e. The summed E-state index contributed by atoms with van der Waals surface area (Å²) in [5.41, 5.74) is -3.77. The van der Waals surface area contributed by atoms with Crippen LogP contribution < -0.4 is 9.04 Å². The average Bonchev–Trinajstić information content (AvgIpc) is 3.22. The van der Waals surface area contributed by atoms with Crippen molar-refractivity contribution in [2.45, 2.75) is 22.7 Å². The van der Waals surface area contributed by atoms with E-state index in [0.717, 1.165) is 6.07 Å². The molecule has 1 saturated heterocycles. The molecule has 30 heavy (non-hydrogen) atoms. The Hall–Kier alpha value is -2.79. The second-order valence-electron chi connectivity index (χ2n) is 6.93. The van der Waals surface area contributed by atoms with Gasteiger partial charge in [0.2, 0.25) is 5.60 Å². The van der Waals surface area contributed by atoms with Crippen LogP contribution in [0.5, 0.6) is 5.75 Å². The van der Waals surface area contributed by atoms with Gasteiger partial charge in [0.15, 0.2) is 0 Å². The van der Waals surface area contributed by atoms with Crippen molar-refractivity contribution in [3.63, 3.8) is 0 Å². The first-order valence-electron chi connectivity index (χ1n) is 8.77. The summed E-state index contributed by atoms with van der Waals surface area (Å²) in [5.74, 6) is -2.94. The van der Waals surface area contributed by atoms with Gasteiger partial charge in [0.25, 0.3) is 10.0 Å². The molecule has 11 heteroatoms. The smallest absolute Gasteiger partial charge is 0.423 e. The Kier molecular flexibility index (Phi) is 4.51. The van der Waals surface area contributed by atoms with Crippen molar-refractivity contribution in [3.8, 4) is 5.75 Å². The highest BCUT2D eigenvalue weighted by Crippen LogP contribution is 2.60. The molecule has 1 fully saturated rings. The van der Waals surface area contributed by atoms with E-state index in [9.17, 15) is 31.5 Å². The van der Waals surface area contributed by atoms with Gasteiger partial charge in [0.1, 0.15) is 17.7 Å². The summed E-state index contributed by atoms with van der Waals surface area (Å²) in [6, 6.07) is 8.09. The zero-order valence-electron chi connectivity index (χ0n) is 15.5. The first-order chi connectivity index (χ1) is 14.1. The van der Waals surface area contributed by atoms with Crippen molar-refractivity contribution < 1.29 is 41.0 Å². The number of nitrogens with zero attached hydrogens (tertiary/aromatic N) is 1. The molecule has 3 unspecified atom stereocenters. The highest BCUT2D eigenvalue weighted by molar-refractivity contribution is 7.92. The third kappa shape index (κ3) is 2.61. The number of carboxylic acid groups (broad SMARTS) is 1. The van der Waals surface area contributed by atoms with Crippen LogP contribution in [0.25, 0.3) is 0 Å². The van der Waals surface area contributed by atoms with Crippen LogP contribution in [-0.2, 0) is 25.2 Å². The van der Waals surface area contributed by atoms with E-state index in [2.05, 4.69) is 0 Å². The van der Waals surface area contributed by atoms with Crippen LogP contribution in [0.1, 0.15) is 5.56 Å². The number of rotatable bonds is 4. The maximum Gasteiger partial charge on any atom is 0.423 e. The van der Waals surface area contributed by atoms with E-state index < -0.39 is 51.9 Å². The normalized spacial score (nSPS) is 25.7. The van der Waals surface area contributed by atoms with Gasteiger partial charge in [-0.2, -0.15) is 13.2 Å². The number of carbonyl (C=O) groups is 1. The van der Waals surface area contributed by atoms with E-state index in [4.69, 9.17) is 9.47 Å². The number of hydrogen-bond donors (Lipinski definition) is 1. The Labute approximate surface area is 169 Å². The third-order valence-corrected chi connectivity index (χ3v) is 7.25. The van der Waals surface area contributed by atoms with Crippen molar-refractivity contribution in [2.75, 3.05) is 18.0 Å². The van der Waals surface area contributed by atoms with Crippen LogP contribution in [0.15, 0.2) is 53.4 Å². The molecule has 4 rings (SSSR count). The van der Waals surface area contributed by atoms with Gasteiger partial charge in [-0.15, -0.1) is 0 Å². The molecule has 2 aromatic rings. The van der Waals surface area contributed by atoms with E-state index in [1.54, 1.807) is 0 Å². The Morgan fingerprint density at radius 3 is 2.40 bits per heavy atom. The van der Waals surface area contributed by atoms with Gasteiger partial charge >= 0.3 is 12.1 Å². The van der Waals surface area contributed by atoms with E-state index in [1.165, 1.54) is 49.6 Å². The molecule has 3 atom stereocenters. The topological polar surface area (TPSA) is 93.1 Å². The molecule has 2 heterocycles. The molecule has 0 bridgehead atoms. The van der Waals surface area contributed by atoms with E-state index in [-0.39, 0.29) is 10.6 Å². The Balaban J connectivity index is 1.97. The number of fused-ring (bicyclic) bond motifs is 3. The number of anilines is 1. The molecule has 0 aliphatic carbocycles. The van der Waals surface area contributed by atoms with Gasteiger partial charge in [0.05, 0.1) is 24.3 Å². The summed E-state index contributed by atoms with van der Waals surface area (Å²) >= 11 is 0. The number of hydrogen-bond acceptors (Lipinski definition) is 5. The molecular weight excluding hydrogens is 427 g/mol. The predicted octanol–water partition coefficient (Wildman–Crippen LogP) is 2.76. The molecule has 1 N–H and O–H groups in total. The molecule has 0 spiro atoms. The molecule has 2 aliphatic rings. The standard InChI is InChI=1S/C19H16F3NO6S/c1-28-11-6-8-12(9-7-11)30(26,27)23-15-5-3-2-4-14(15)18(19(20,21)22)16(23)13(10-29-18)17(24)25/h2-9,13,16H,10H2,1H3,(H,24,25). The number of methoxy groups -OCH3 is 1. The lowest BCUT2D eigenvalue weighted by Crippen LogP contribution is -2.55. The predicted molar refractivity (Wildman–Crippen MR) is 97.7 cm³/mol. The van der Waals surface area contributed by atoms with Crippen molar-refractivity contribution in [3.05, 3.63) is 54.1 Å². The van der Waals surface area contributed by atoms with Crippen LogP contribution in [0.3, 0.4) is 0 Å². The molecule has 0 amide bonds. The molecule has 7 nitrogen and oxygen atoms in total. The van der Waals surface area contributed by atoms with Crippen LogP contribution in [0.2, 0.25) is 0 Å². The second-order valence-corrected chi connectivity index (χ2v) is 8.74. The van der Waals surface area contributed by atoms with Crippen molar-refractivity contribution in [1.29, 1.82) is 0 Å². The quantitative estimate of drug-likeness (QED) is 0.781. The number of sulfonamides is 1. The zero-order chi connectivity index (χ0) is 21.9. The number of aliphatic carboxylic acids is 1. The summed E-state index contributed by atoms with van der Waals surface area (Å²) in [4.78, 5) is 11.5. The van der Waals surface area contributed by atoms with Crippen molar-refractivity contribution in [2.24, 2.45) is 5.92 Å². The second kappa shape index (κ2) is 6.61. The lowest BCUT2D eigenvalue weighted by atomic mass is 9.85. The van der Waals surface area contributed by atoms with Crippen LogP contribution in [-0.4, -0.2) is 45.4 Å². The third-order valence-electron chi connectivity index (χ3n) is 5.44. The zero-order valence-corrected chi connectivity index (χ0v) is 16.3. The first kappa shape index (κ1) is 20.5. The van der Waals surface area contributed by atoms with Crippen molar-refractivity contribution >= 4 is 21.7 Å². The lowest BCUT2D eigenvalue weighted by Gasteiger charge is -2.34. The molecule has 2 aromatic carbocycles. The Morgan fingerprint density at radius 1 is 1.20 bits per heavy atom. The molecule has 160 valence electrons. The van der Waals surface area contributed by atoms with Gasteiger partial charge < -0.3 is 14.6 Å². The largest absolute Gasteiger partial charge is 0.497 e. The molecule has 0 radical (unpaired) electrons. The van der Waals surface area contributed by atoms with E-state index in [0.29, 0.717) is 10.1 Å².